The SMILES string of the molecule is Cc1cc2c3c(c1)N(c1ccc(C(C)(C)C)cc1)c1c(sc4cc5c(cc14)C(C)(C)CCC5(C)C)B3c1ccc(C(C)(C)C)cc1N2c1ccccc1-c1ccccc1. The van der Waals surface area contributed by atoms with Crippen molar-refractivity contribution in [2.75, 3.05) is 9.80 Å². The van der Waals surface area contributed by atoms with Crippen molar-refractivity contribution >= 4 is 78.0 Å². The average molecular weight is 789 g/mol. The maximum absolute atomic E-state index is 2.64. The molecule has 0 bridgehead atoms. The Balaban J connectivity index is 1.33. The second-order valence-corrected chi connectivity index (χ2v) is 22.1. The summed E-state index contributed by atoms with van der Waals surface area (Å²) in [7, 11) is 0. The maximum atomic E-state index is 2.64. The summed E-state index contributed by atoms with van der Waals surface area (Å²) in [6.45, 7) is 26.2. The van der Waals surface area contributed by atoms with E-state index in [0.717, 1.165) is 0 Å². The number of fused-ring (bicyclic) bond motifs is 7. The van der Waals surface area contributed by atoms with Crippen LogP contribution in [0.4, 0.5) is 34.1 Å². The van der Waals surface area contributed by atoms with Crippen LogP contribution in [0.1, 0.15) is 110 Å². The van der Waals surface area contributed by atoms with Crippen LogP contribution in [0.15, 0.2) is 121 Å². The molecule has 0 unspecified atom stereocenters. The summed E-state index contributed by atoms with van der Waals surface area (Å²) in [5, 5.41) is 1.38. The van der Waals surface area contributed by atoms with E-state index < -0.39 is 0 Å². The van der Waals surface area contributed by atoms with Crippen molar-refractivity contribution < 1.29 is 0 Å². The minimum atomic E-state index is -0.0122. The highest BCUT2D eigenvalue weighted by Gasteiger charge is 2.47. The molecule has 2 aliphatic heterocycles. The van der Waals surface area contributed by atoms with Crippen LogP contribution in [0.5, 0.6) is 0 Å². The van der Waals surface area contributed by atoms with Crippen LogP contribution in [0.3, 0.4) is 0 Å². The molecule has 0 fully saturated rings. The van der Waals surface area contributed by atoms with Crippen molar-refractivity contribution in [3.8, 4) is 11.1 Å². The van der Waals surface area contributed by atoms with Gasteiger partial charge in [-0.25, -0.2) is 0 Å². The van der Waals surface area contributed by atoms with Gasteiger partial charge < -0.3 is 9.80 Å². The van der Waals surface area contributed by atoms with Crippen molar-refractivity contribution in [1.82, 2.24) is 0 Å². The van der Waals surface area contributed by atoms with E-state index in [1.54, 1.807) is 0 Å². The van der Waals surface area contributed by atoms with E-state index in [2.05, 4.69) is 207 Å². The predicted molar refractivity (Wildman–Crippen MR) is 259 cm³/mol. The Morgan fingerprint density at radius 1 is 0.576 bits per heavy atom. The van der Waals surface area contributed by atoms with Crippen LogP contribution in [-0.2, 0) is 21.7 Å². The lowest BCUT2D eigenvalue weighted by atomic mass is 9.36. The van der Waals surface area contributed by atoms with Gasteiger partial charge in [0.15, 0.2) is 0 Å². The molecule has 2 nitrogen and oxygen atoms in total. The van der Waals surface area contributed by atoms with Crippen LogP contribution in [0.25, 0.3) is 21.2 Å². The Bertz CT molecular complexity index is 2810. The number of nitrogens with zero attached hydrogens (tertiary/aromatic N) is 2. The molecule has 0 saturated carbocycles. The Hall–Kier alpha value is -5.06. The fourth-order valence-electron chi connectivity index (χ4n) is 10.3. The van der Waals surface area contributed by atoms with E-state index in [1.165, 1.54) is 112 Å². The van der Waals surface area contributed by atoms with Gasteiger partial charge in [-0.05, 0) is 134 Å². The Labute approximate surface area is 357 Å². The van der Waals surface area contributed by atoms with E-state index in [0.29, 0.717) is 0 Å². The molecule has 59 heavy (non-hydrogen) atoms. The van der Waals surface area contributed by atoms with Crippen molar-refractivity contribution in [1.29, 1.82) is 0 Å². The standard InChI is InChI=1S/C55H57BN2S/c1-34-29-46-49-47(30-34)58(44-20-16-15-19-39(44)35-17-13-12-14-18-35)45-31-37(53(5,6)7)23-26-43(45)56(49)51-50(57(46)38-24-21-36(22-25-38)52(2,3)4)40-32-41-42(33-48(40)59-51)55(10,11)28-27-54(41,8)9/h12-26,29-33H,27-28H2,1-11H3. The van der Waals surface area contributed by atoms with Gasteiger partial charge in [0.25, 0.3) is 6.71 Å². The third-order valence-corrected chi connectivity index (χ3v) is 15.1. The molecule has 1 aliphatic carbocycles. The molecule has 0 spiro atoms. The molecular formula is C55H57BN2S. The Morgan fingerprint density at radius 3 is 1.83 bits per heavy atom. The summed E-state index contributed by atoms with van der Waals surface area (Å²) in [6.07, 6.45) is 2.40. The second-order valence-electron chi connectivity index (χ2n) is 21.0. The quantitative estimate of drug-likeness (QED) is 0.165. The first kappa shape index (κ1) is 38.2. The van der Waals surface area contributed by atoms with Crippen LogP contribution in [0.2, 0.25) is 0 Å². The van der Waals surface area contributed by atoms with E-state index >= 15 is 0 Å². The first-order chi connectivity index (χ1) is 27.9. The molecular weight excluding hydrogens is 731 g/mol. The third-order valence-electron chi connectivity index (χ3n) is 13.9. The number of benzene rings is 6. The van der Waals surface area contributed by atoms with Crippen molar-refractivity contribution in [2.24, 2.45) is 0 Å². The lowest BCUT2D eigenvalue weighted by Crippen LogP contribution is -2.60. The summed E-state index contributed by atoms with van der Waals surface area (Å²) >= 11 is 2.03. The van der Waals surface area contributed by atoms with Crippen molar-refractivity contribution in [3.05, 3.63) is 149 Å². The topological polar surface area (TPSA) is 6.48 Å². The third kappa shape index (κ3) is 5.95. The largest absolute Gasteiger partial charge is 0.311 e. The molecule has 3 heterocycles. The number of thiophene rings is 1. The van der Waals surface area contributed by atoms with Crippen molar-refractivity contribution in [3.63, 3.8) is 0 Å². The molecule has 0 saturated heterocycles. The van der Waals surface area contributed by atoms with Crippen molar-refractivity contribution in [2.45, 2.75) is 111 Å². The van der Waals surface area contributed by atoms with Crippen LogP contribution >= 0.6 is 11.3 Å². The molecule has 1 aromatic heterocycles. The minimum Gasteiger partial charge on any atom is -0.311 e. The average Bonchev–Trinajstić information content (AvgIpc) is 3.57. The molecule has 4 heteroatoms. The Morgan fingerprint density at radius 2 is 1.17 bits per heavy atom. The molecule has 7 aromatic rings. The molecule has 0 atom stereocenters. The summed E-state index contributed by atoms with van der Waals surface area (Å²) in [5.41, 5.74) is 20.1. The van der Waals surface area contributed by atoms with Gasteiger partial charge in [-0.15, -0.1) is 11.3 Å². The Kier molecular flexibility index (Phi) is 8.39. The van der Waals surface area contributed by atoms with Gasteiger partial charge in [-0.1, -0.05) is 142 Å². The summed E-state index contributed by atoms with van der Waals surface area (Å²) in [6, 6.07) is 47.0. The number of hydrogen-bond donors (Lipinski definition) is 0. The molecule has 10 rings (SSSR count). The van der Waals surface area contributed by atoms with E-state index in [9.17, 15) is 0 Å². The van der Waals surface area contributed by atoms with Gasteiger partial charge in [-0.3, -0.25) is 0 Å². The van der Waals surface area contributed by atoms with Gasteiger partial charge in [0, 0.05) is 43.2 Å². The number of rotatable bonds is 3. The van der Waals surface area contributed by atoms with Crippen LogP contribution < -0.4 is 25.5 Å². The monoisotopic (exact) mass is 788 g/mol. The first-order valence-corrected chi connectivity index (χ1v) is 22.5. The summed E-state index contributed by atoms with van der Waals surface area (Å²) < 4.78 is 2.84. The number of para-hydroxylation sites is 1. The first-order valence-electron chi connectivity index (χ1n) is 21.7. The lowest BCUT2D eigenvalue weighted by molar-refractivity contribution is 0.332. The molecule has 296 valence electrons. The second kappa shape index (κ2) is 13.0. The highest BCUT2D eigenvalue weighted by molar-refractivity contribution is 7.33. The zero-order chi connectivity index (χ0) is 41.4. The van der Waals surface area contributed by atoms with Gasteiger partial charge in [0.05, 0.1) is 11.4 Å². The van der Waals surface area contributed by atoms with Crippen LogP contribution in [0, 0.1) is 6.92 Å². The molecule has 0 amide bonds. The van der Waals surface area contributed by atoms with Gasteiger partial charge in [-0.2, -0.15) is 0 Å². The fourth-order valence-corrected chi connectivity index (χ4v) is 11.6. The molecule has 0 N–H and O–H groups in total. The molecule has 0 radical (unpaired) electrons. The smallest absolute Gasteiger partial charge is 0.264 e. The number of anilines is 6. The molecule has 3 aliphatic rings. The number of aryl methyl sites for hydroxylation is 1. The van der Waals surface area contributed by atoms with Gasteiger partial charge in [0.1, 0.15) is 0 Å². The molecule has 6 aromatic carbocycles. The predicted octanol–water partition coefficient (Wildman–Crippen LogP) is 13.9. The maximum Gasteiger partial charge on any atom is 0.264 e. The van der Waals surface area contributed by atoms with Crippen LogP contribution in [-0.4, -0.2) is 6.71 Å². The normalized spacial score (nSPS) is 16.4. The highest BCUT2D eigenvalue weighted by Crippen LogP contribution is 2.53. The van der Waals surface area contributed by atoms with Gasteiger partial charge in [0.2, 0.25) is 0 Å². The zero-order valence-corrected chi connectivity index (χ0v) is 37.7. The highest BCUT2D eigenvalue weighted by atomic mass is 32.1. The van der Waals surface area contributed by atoms with Gasteiger partial charge >= 0.3 is 0 Å². The van der Waals surface area contributed by atoms with E-state index in [1.807, 2.05) is 11.3 Å². The zero-order valence-electron chi connectivity index (χ0n) is 36.8. The lowest BCUT2D eigenvalue weighted by Gasteiger charge is -2.44. The summed E-state index contributed by atoms with van der Waals surface area (Å²) in [5.74, 6) is 0. The number of hydrogen-bond acceptors (Lipinski definition) is 3. The van der Waals surface area contributed by atoms with E-state index in [-0.39, 0.29) is 28.4 Å². The fraction of sp³-hybridized carbons (Fsp3) is 0.309. The van der Waals surface area contributed by atoms with E-state index in [4.69, 9.17) is 0 Å². The summed E-state index contributed by atoms with van der Waals surface area (Å²) in [4.78, 5) is 5.25. The minimum absolute atomic E-state index is 0.0122.